The first kappa shape index (κ1) is 21.0. The largest absolute Gasteiger partial charge is 0.377 e. The molecule has 0 saturated carbocycles. The number of hydrogen-bond acceptors (Lipinski definition) is 7. The van der Waals surface area contributed by atoms with Crippen LogP contribution in [-0.4, -0.2) is 67.5 Å². The zero-order valence-corrected chi connectivity index (χ0v) is 14.8. The Morgan fingerprint density at radius 3 is 1.67 bits per heavy atom. The highest BCUT2D eigenvalue weighted by molar-refractivity contribution is 7.85. The first-order valence-corrected chi connectivity index (χ1v) is 9.59. The lowest BCUT2D eigenvalue weighted by molar-refractivity contribution is -0.00640. The normalized spacial score (nSPS) is 11.7. The predicted octanol–water partition coefficient (Wildman–Crippen LogP) is 1.23. The lowest BCUT2D eigenvalue weighted by atomic mass is 10.2. The van der Waals surface area contributed by atoms with E-state index in [1.165, 1.54) is 0 Å². The van der Waals surface area contributed by atoms with Gasteiger partial charge in [0, 0.05) is 0 Å². The minimum atomic E-state index is -3.39. The lowest BCUT2D eigenvalue weighted by Crippen LogP contribution is -2.14. The highest BCUT2D eigenvalue weighted by Crippen LogP contribution is 1.99. The summed E-state index contributed by atoms with van der Waals surface area (Å²) in [5.41, 5.74) is 1.14. The fourth-order valence-electron chi connectivity index (χ4n) is 1.67. The van der Waals surface area contributed by atoms with Gasteiger partial charge in [0.1, 0.15) is 0 Å². The molecule has 1 aromatic rings. The zero-order valence-electron chi connectivity index (χ0n) is 14.0. The van der Waals surface area contributed by atoms with E-state index in [1.807, 2.05) is 30.3 Å². The predicted molar refractivity (Wildman–Crippen MR) is 89.4 cm³/mol. The van der Waals surface area contributed by atoms with E-state index in [-0.39, 0.29) is 13.2 Å². The molecule has 0 saturated heterocycles. The smallest absolute Gasteiger partial charge is 0.264 e. The Morgan fingerprint density at radius 1 is 0.708 bits per heavy atom. The molecule has 0 aromatic heterocycles. The van der Waals surface area contributed by atoms with Gasteiger partial charge in [-0.25, -0.2) is 0 Å². The second kappa shape index (κ2) is 13.3. The molecule has 0 spiro atoms. The number of rotatable bonds is 15. The molecule has 0 fully saturated rings. The molecule has 0 radical (unpaired) electrons. The summed E-state index contributed by atoms with van der Waals surface area (Å²) < 4.78 is 47.2. The van der Waals surface area contributed by atoms with Crippen molar-refractivity contribution in [2.45, 2.75) is 6.61 Å². The van der Waals surface area contributed by atoms with E-state index in [0.29, 0.717) is 46.2 Å². The van der Waals surface area contributed by atoms with Crippen LogP contribution >= 0.6 is 0 Å². The first-order valence-electron chi connectivity index (χ1n) is 7.77. The fourth-order valence-corrected chi connectivity index (χ4v) is 2.04. The van der Waals surface area contributed by atoms with Crippen LogP contribution < -0.4 is 0 Å². The molecular weight excluding hydrogens is 336 g/mol. The summed E-state index contributed by atoms with van der Waals surface area (Å²) in [6, 6.07) is 9.97. The summed E-state index contributed by atoms with van der Waals surface area (Å²) in [7, 11) is -3.39. The molecular formula is C16H26O7S. The molecule has 7 nitrogen and oxygen atoms in total. The van der Waals surface area contributed by atoms with Crippen molar-refractivity contribution in [3.63, 3.8) is 0 Å². The summed E-state index contributed by atoms with van der Waals surface area (Å²) in [5, 5.41) is 0. The van der Waals surface area contributed by atoms with Crippen LogP contribution in [0.25, 0.3) is 0 Å². The molecule has 0 heterocycles. The molecule has 0 aliphatic carbocycles. The van der Waals surface area contributed by atoms with Crippen LogP contribution in [-0.2, 0) is 39.9 Å². The molecule has 0 bridgehead atoms. The van der Waals surface area contributed by atoms with Gasteiger partial charge in [-0.3, -0.25) is 4.18 Å². The molecule has 1 aromatic carbocycles. The van der Waals surface area contributed by atoms with Crippen molar-refractivity contribution in [3.05, 3.63) is 35.9 Å². The van der Waals surface area contributed by atoms with Gasteiger partial charge in [-0.15, -0.1) is 0 Å². The van der Waals surface area contributed by atoms with Crippen molar-refractivity contribution >= 4 is 10.1 Å². The van der Waals surface area contributed by atoms with E-state index in [9.17, 15) is 8.42 Å². The van der Waals surface area contributed by atoms with Crippen molar-refractivity contribution in [3.8, 4) is 0 Å². The Kier molecular flexibility index (Phi) is 11.6. The minimum Gasteiger partial charge on any atom is -0.377 e. The van der Waals surface area contributed by atoms with E-state index in [0.717, 1.165) is 11.8 Å². The van der Waals surface area contributed by atoms with Crippen LogP contribution in [0.1, 0.15) is 5.56 Å². The Bertz CT molecular complexity index is 504. The van der Waals surface area contributed by atoms with Crippen LogP contribution in [0.3, 0.4) is 0 Å². The third-order valence-electron chi connectivity index (χ3n) is 2.75. The SMILES string of the molecule is CS(=O)(=O)OCCOCCOCCOCCOCc1ccccc1. The quantitative estimate of drug-likeness (QED) is 0.343. The van der Waals surface area contributed by atoms with Crippen LogP contribution in [0.4, 0.5) is 0 Å². The Hall–Kier alpha value is -1.03. The maximum absolute atomic E-state index is 10.7. The molecule has 1 rings (SSSR count). The summed E-state index contributed by atoms with van der Waals surface area (Å²) in [6.07, 6.45) is 1.00. The van der Waals surface area contributed by atoms with E-state index < -0.39 is 10.1 Å². The van der Waals surface area contributed by atoms with E-state index in [2.05, 4.69) is 4.18 Å². The topological polar surface area (TPSA) is 80.3 Å². The van der Waals surface area contributed by atoms with Crippen LogP contribution in [0.5, 0.6) is 0 Å². The Labute approximate surface area is 143 Å². The molecule has 0 aliphatic heterocycles. The molecule has 0 amide bonds. The van der Waals surface area contributed by atoms with Gasteiger partial charge in [0.15, 0.2) is 0 Å². The summed E-state index contributed by atoms with van der Waals surface area (Å²) in [6.45, 7) is 3.65. The summed E-state index contributed by atoms with van der Waals surface area (Å²) in [4.78, 5) is 0. The van der Waals surface area contributed by atoms with Gasteiger partial charge >= 0.3 is 0 Å². The van der Waals surface area contributed by atoms with Gasteiger partial charge in [-0.1, -0.05) is 30.3 Å². The molecule has 0 atom stereocenters. The second-order valence-electron chi connectivity index (χ2n) is 4.90. The minimum absolute atomic E-state index is 0.0188. The molecule has 0 aliphatic rings. The summed E-state index contributed by atoms with van der Waals surface area (Å²) >= 11 is 0. The molecule has 0 unspecified atom stereocenters. The van der Waals surface area contributed by atoms with Crippen molar-refractivity contribution < 1.29 is 31.5 Å². The fraction of sp³-hybridized carbons (Fsp3) is 0.625. The highest BCUT2D eigenvalue weighted by atomic mass is 32.2. The van der Waals surface area contributed by atoms with E-state index in [4.69, 9.17) is 18.9 Å². The average molecular weight is 362 g/mol. The maximum Gasteiger partial charge on any atom is 0.264 e. The van der Waals surface area contributed by atoms with Crippen LogP contribution in [0.15, 0.2) is 30.3 Å². The Balaban J connectivity index is 1.76. The van der Waals surface area contributed by atoms with Crippen LogP contribution in [0, 0.1) is 0 Å². The molecule has 8 heteroatoms. The van der Waals surface area contributed by atoms with E-state index >= 15 is 0 Å². The molecule has 24 heavy (non-hydrogen) atoms. The third kappa shape index (κ3) is 13.4. The molecule has 138 valence electrons. The van der Waals surface area contributed by atoms with Crippen LogP contribution in [0.2, 0.25) is 0 Å². The van der Waals surface area contributed by atoms with Crippen molar-refractivity contribution in [1.82, 2.24) is 0 Å². The van der Waals surface area contributed by atoms with Gasteiger partial charge in [0.05, 0.1) is 65.7 Å². The van der Waals surface area contributed by atoms with Gasteiger partial charge in [0.2, 0.25) is 0 Å². The zero-order chi connectivity index (χ0) is 17.5. The van der Waals surface area contributed by atoms with E-state index in [1.54, 1.807) is 0 Å². The van der Waals surface area contributed by atoms with Gasteiger partial charge in [-0.05, 0) is 5.56 Å². The number of ether oxygens (including phenoxy) is 4. The van der Waals surface area contributed by atoms with Gasteiger partial charge in [0.25, 0.3) is 10.1 Å². The Morgan fingerprint density at radius 2 is 1.17 bits per heavy atom. The first-order chi connectivity index (χ1) is 11.6. The molecule has 0 N–H and O–H groups in total. The maximum atomic E-state index is 10.7. The standard InChI is InChI=1S/C16H26O7S/c1-24(17,18)23-14-13-21-10-9-19-7-8-20-11-12-22-15-16-5-3-2-4-6-16/h2-6H,7-15H2,1H3. The van der Waals surface area contributed by atoms with Crippen molar-refractivity contribution in [2.75, 3.05) is 59.1 Å². The lowest BCUT2D eigenvalue weighted by Gasteiger charge is -2.07. The number of hydrogen-bond donors (Lipinski definition) is 0. The highest BCUT2D eigenvalue weighted by Gasteiger charge is 2.00. The second-order valence-corrected chi connectivity index (χ2v) is 6.55. The number of benzene rings is 1. The van der Waals surface area contributed by atoms with Crippen molar-refractivity contribution in [1.29, 1.82) is 0 Å². The van der Waals surface area contributed by atoms with Crippen molar-refractivity contribution in [2.24, 2.45) is 0 Å². The monoisotopic (exact) mass is 362 g/mol. The average Bonchev–Trinajstić information content (AvgIpc) is 2.55. The summed E-state index contributed by atoms with van der Waals surface area (Å²) in [5.74, 6) is 0. The third-order valence-corrected chi connectivity index (χ3v) is 3.35. The van der Waals surface area contributed by atoms with Gasteiger partial charge in [-0.2, -0.15) is 8.42 Å². The van der Waals surface area contributed by atoms with Gasteiger partial charge < -0.3 is 18.9 Å².